The molecule has 14 heavy (non-hydrogen) atoms. The van der Waals surface area contributed by atoms with Crippen LogP contribution >= 0.6 is 0 Å². The van der Waals surface area contributed by atoms with Crippen molar-refractivity contribution in [2.45, 2.75) is 39.7 Å². The van der Waals surface area contributed by atoms with Gasteiger partial charge >= 0.3 is 0 Å². The van der Waals surface area contributed by atoms with Crippen LogP contribution in [0.2, 0.25) is 0 Å². The lowest BCUT2D eigenvalue weighted by Crippen LogP contribution is -2.33. The maximum Gasteiger partial charge on any atom is 0.0603 e. The molecule has 0 rings (SSSR count). The number of ether oxygens (including phenoxy) is 1. The van der Waals surface area contributed by atoms with E-state index in [1.165, 1.54) is 0 Å². The number of nitrogens with zero attached hydrogens (tertiary/aromatic N) is 1. The van der Waals surface area contributed by atoms with E-state index in [1.54, 1.807) is 0 Å². The van der Waals surface area contributed by atoms with Crippen LogP contribution < -0.4 is 0 Å². The molecule has 0 amide bonds. The quantitative estimate of drug-likeness (QED) is 0.607. The van der Waals surface area contributed by atoms with Gasteiger partial charge in [-0.05, 0) is 33.7 Å². The number of likely N-dealkylation sites (N-methyl/N-ethyl adjacent to an activating group) is 1. The summed E-state index contributed by atoms with van der Waals surface area (Å²) in [6.45, 7) is 12.3. The first-order chi connectivity index (χ1) is 6.49. The van der Waals surface area contributed by atoms with E-state index in [2.05, 4.69) is 11.8 Å². The van der Waals surface area contributed by atoms with E-state index in [0.29, 0.717) is 0 Å². The van der Waals surface area contributed by atoms with Gasteiger partial charge in [0.1, 0.15) is 0 Å². The first kappa shape index (κ1) is 13.9. The second-order valence-electron chi connectivity index (χ2n) is 4.19. The van der Waals surface area contributed by atoms with Crippen molar-refractivity contribution < 1.29 is 9.84 Å². The Hall–Kier alpha value is -0.120. The van der Waals surface area contributed by atoms with Crippen LogP contribution in [0.1, 0.15) is 34.1 Å². The molecular formula is C11H25NO2. The molecule has 3 heteroatoms. The molecule has 0 atom stereocenters. The normalized spacial score (nSPS) is 12.4. The monoisotopic (exact) mass is 203 g/mol. The van der Waals surface area contributed by atoms with Gasteiger partial charge in [0.25, 0.3) is 0 Å². The molecule has 0 unspecified atom stereocenters. The van der Waals surface area contributed by atoms with E-state index in [0.717, 1.165) is 39.3 Å². The fraction of sp³-hybridized carbons (Fsp3) is 1.00. The average molecular weight is 203 g/mol. The maximum absolute atomic E-state index is 9.58. The van der Waals surface area contributed by atoms with Crippen molar-refractivity contribution in [3.8, 4) is 0 Å². The lowest BCUT2D eigenvalue weighted by Gasteiger charge is -2.24. The van der Waals surface area contributed by atoms with Gasteiger partial charge in [0.15, 0.2) is 0 Å². The molecule has 0 spiro atoms. The summed E-state index contributed by atoms with van der Waals surface area (Å²) in [6.07, 6.45) is 0.812. The summed E-state index contributed by atoms with van der Waals surface area (Å²) in [5, 5.41) is 9.58. The number of hydrogen-bond donors (Lipinski definition) is 1. The van der Waals surface area contributed by atoms with E-state index in [4.69, 9.17) is 4.74 Å². The summed E-state index contributed by atoms with van der Waals surface area (Å²) < 4.78 is 5.29. The first-order valence-electron chi connectivity index (χ1n) is 5.52. The molecule has 0 aliphatic carbocycles. The van der Waals surface area contributed by atoms with Gasteiger partial charge in [-0.15, -0.1) is 0 Å². The SMILES string of the molecule is CCOCCN(CC)CCC(C)(C)O. The Morgan fingerprint density at radius 2 is 1.86 bits per heavy atom. The Labute approximate surface area is 88.1 Å². The van der Waals surface area contributed by atoms with E-state index >= 15 is 0 Å². The summed E-state index contributed by atoms with van der Waals surface area (Å²) in [5.41, 5.74) is -0.557. The highest BCUT2D eigenvalue weighted by molar-refractivity contribution is 4.68. The van der Waals surface area contributed by atoms with Crippen LogP contribution in [0.5, 0.6) is 0 Å². The van der Waals surface area contributed by atoms with Crippen LogP contribution in [0, 0.1) is 0 Å². The third kappa shape index (κ3) is 8.48. The van der Waals surface area contributed by atoms with Crippen LogP contribution in [-0.2, 0) is 4.74 Å². The van der Waals surface area contributed by atoms with E-state index in [-0.39, 0.29) is 0 Å². The largest absolute Gasteiger partial charge is 0.390 e. The number of hydrogen-bond acceptors (Lipinski definition) is 3. The topological polar surface area (TPSA) is 32.7 Å². The van der Waals surface area contributed by atoms with Gasteiger partial charge in [-0.2, -0.15) is 0 Å². The van der Waals surface area contributed by atoms with Gasteiger partial charge in [0.05, 0.1) is 12.2 Å². The predicted octanol–water partition coefficient (Wildman–Crippen LogP) is 1.51. The van der Waals surface area contributed by atoms with Crippen molar-refractivity contribution in [1.29, 1.82) is 0 Å². The van der Waals surface area contributed by atoms with E-state index < -0.39 is 5.60 Å². The van der Waals surface area contributed by atoms with Crippen LogP contribution in [-0.4, -0.2) is 48.5 Å². The minimum absolute atomic E-state index is 0.557. The standard InChI is InChI=1S/C11H25NO2/c1-5-12(9-10-14-6-2)8-7-11(3,4)13/h13H,5-10H2,1-4H3. The van der Waals surface area contributed by atoms with Gasteiger partial charge in [0, 0.05) is 19.7 Å². The van der Waals surface area contributed by atoms with Gasteiger partial charge in [-0.3, -0.25) is 0 Å². The Morgan fingerprint density at radius 1 is 1.21 bits per heavy atom. The van der Waals surface area contributed by atoms with E-state index in [1.807, 2.05) is 20.8 Å². The highest BCUT2D eigenvalue weighted by Gasteiger charge is 2.13. The van der Waals surface area contributed by atoms with Crippen molar-refractivity contribution in [3.63, 3.8) is 0 Å². The molecule has 0 aromatic heterocycles. The molecule has 0 heterocycles. The zero-order valence-electron chi connectivity index (χ0n) is 10.0. The smallest absolute Gasteiger partial charge is 0.0603 e. The Balaban J connectivity index is 3.58. The first-order valence-corrected chi connectivity index (χ1v) is 5.52. The second kappa shape index (κ2) is 7.21. The summed E-state index contributed by atoms with van der Waals surface area (Å²) in [6, 6.07) is 0. The summed E-state index contributed by atoms with van der Waals surface area (Å²) in [5.74, 6) is 0. The fourth-order valence-corrected chi connectivity index (χ4v) is 1.20. The molecule has 0 aliphatic rings. The molecule has 86 valence electrons. The summed E-state index contributed by atoms with van der Waals surface area (Å²) in [4.78, 5) is 2.30. The minimum Gasteiger partial charge on any atom is -0.390 e. The van der Waals surface area contributed by atoms with Gasteiger partial charge < -0.3 is 14.7 Å². The number of rotatable bonds is 8. The lowest BCUT2D eigenvalue weighted by atomic mass is 10.1. The maximum atomic E-state index is 9.58. The summed E-state index contributed by atoms with van der Waals surface area (Å²) in [7, 11) is 0. The molecule has 0 bridgehead atoms. The molecule has 0 fully saturated rings. The molecule has 0 saturated heterocycles. The Morgan fingerprint density at radius 3 is 2.29 bits per heavy atom. The predicted molar refractivity (Wildman–Crippen MR) is 59.5 cm³/mol. The Kier molecular flexibility index (Phi) is 7.15. The van der Waals surface area contributed by atoms with Crippen LogP contribution in [0.25, 0.3) is 0 Å². The third-order valence-electron chi connectivity index (χ3n) is 2.24. The highest BCUT2D eigenvalue weighted by Crippen LogP contribution is 2.07. The molecule has 0 radical (unpaired) electrons. The van der Waals surface area contributed by atoms with Crippen molar-refractivity contribution in [2.75, 3.05) is 32.8 Å². The molecule has 0 aromatic rings. The zero-order chi connectivity index (χ0) is 11.0. The third-order valence-corrected chi connectivity index (χ3v) is 2.24. The average Bonchev–Trinajstić information content (AvgIpc) is 2.09. The zero-order valence-corrected chi connectivity index (χ0v) is 10.0. The molecule has 0 aromatic carbocycles. The van der Waals surface area contributed by atoms with Crippen molar-refractivity contribution in [1.82, 2.24) is 4.90 Å². The minimum atomic E-state index is -0.557. The second-order valence-corrected chi connectivity index (χ2v) is 4.19. The van der Waals surface area contributed by atoms with Gasteiger partial charge in [0.2, 0.25) is 0 Å². The Bertz CT molecular complexity index is 132. The molecule has 0 aliphatic heterocycles. The van der Waals surface area contributed by atoms with Crippen molar-refractivity contribution >= 4 is 0 Å². The van der Waals surface area contributed by atoms with Crippen LogP contribution in [0.4, 0.5) is 0 Å². The van der Waals surface area contributed by atoms with Gasteiger partial charge in [-0.1, -0.05) is 6.92 Å². The van der Waals surface area contributed by atoms with E-state index in [9.17, 15) is 5.11 Å². The number of aliphatic hydroxyl groups is 1. The molecule has 3 nitrogen and oxygen atoms in total. The van der Waals surface area contributed by atoms with Gasteiger partial charge in [-0.25, -0.2) is 0 Å². The molecule has 1 N–H and O–H groups in total. The lowest BCUT2D eigenvalue weighted by molar-refractivity contribution is 0.0514. The van der Waals surface area contributed by atoms with Crippen molar-refractivity contribution in [2.24, 2.45) is 0 Å². The molecular weight excluding hydrogens is 178 g/mol. The highest BCUT2D eigenvalue weighted by atomic mass is 16.5. The fourth-order valence-electron chi connectivity index (χ4n) is 1.20. The van der Waals surface area contributed by atoms with Crippen LogP contribution in [0.15, 0.2) is 0 Å². The summed E-state index contributed by atoms with van der Waals surface area (Å²) >= 11 is 0. The van der Waals surface area contributed by atoms with Crippen LogP contribution in [0.3, 0.4) is 0 Å². The van der Waals surface area contributed by atoms with Crippen molar-refractivity contribution in [3.05, 3.63) is 0 Å². The molecule has 0 saturated carbocycles.